The van der Waals surface area contributed by atoms with Crippen LogP contribution in [0.5, 0.6) is 0 Å². The fourth-order valence-corrected chi connectivity index (χ4v) is 1.06. The van der Waals surface area contributed by atoms with Gasteiger partial charge in [-0.2, -0.15) is 0 Å². The maximum absolute atomic E-state index is 5.64. The molecule has 1 unspecified atom stereocenters. The second-order valence-corrected chi connectivity index (χ2v) is 4.31. The average molecular weight is 210 g/mol. The van der Waals surface area contributed by atoms with E-state index in [1.165, 1.54) is 6.33 Å². The van der Waals surface area contributed by atoms with E-state index in [1.54, 1.807) is 12.4 Å². The van der Waals surface area contributed by atoms with Gasteiger partial charge in [0, 0.05) is 18.0 Å². The van der Waals surface area contributed by atoms with Gasteiger partial charge in [-0.15, -0.1) is 0 Å². The number of hydrogen-bond donors (Lipinski definition) is 2. The Kier molecular flexibility index (Phi) is 4.14. The number of ether oxygens (including phenoxy) is 1. The van der Waals surface area contributed by atoms with Gasteiger partial charge in [0.05, 0.1) is 18.2 Å². The molecule has 1 heterocycles. The molecule has 0 aliphatic heterocycles. The van der Waals surface area contributed by atoms with Crippen LogP contribution in [0.1, 0.15) is 32.4 Å². The van der Waals surface area contributed by atoms with Crippen molar-refractivity contribution < 1.29 is 4.74 Å². The van der Waals surface area contributed by atoms with E-state index in [-0.39, 0.29) is 11.6 Å². The molecule has 0 aromatic carbocycles. The van der Waals surface area contributed by atoms with Crippen LogP contribution in [-0.2, 0) is 4.74 Å². The van der Waals surface area contributed by atoms with Gasteiger partial charge < -0.3 is 4.74 Å². The number of hydrazine groups is 1. The lowest BCUT2D eigenvalue weighted by Gasteiger charge is -2.23. The van der Waals surface area contributed by atoms with Crippen molar-refractivity contribution in [1.82, 2.24) is 15.4 Å². The van der Waals surface area contributed by atoms with Crippen LogP contribution in [0.25, 0.3) is 0 Å². The van der Waals surface area contributed by atoms with Crippen molar-refractivity contribution in [2.24, 2.45) is 5.84 Å². The molecule has 0 aliphatic rings. The molecule has 3 N–H and O–H groups in total. The summed E-state index contributed by atoms with van der Waals surface area (Å²) in [6.45, 7) is 6.50. The number of rotatable bonds is 4. The Morgan fingerprint density at radius 2 is 2.00 bits per heavy atom. The predicted molar refractivity (Wildman–Crippen MR) is 57.8 cm³/mol. The van der Waals surface area contributed by atoms with Gasteiger partial charge in [-0.3, -0.25) is 11.3 Å². The van der Waals surface area contributed by atoms with Crippen LogP contribution in [0.4, 0.5) is 0 Å². The number of aromatic nitrogens is 2. The van der Waals surface area contributed by atoms with Crippen molar-refractivity contribution in [3.63, 3.8) is 0 Å². The SMILES string of the molecule is CC(C)(C)OCC(NN)c1cncnc1. The fourth-order valence-electron chi connectivity index (χ4n) is 1.06. The van der Waals surface area contributed by atoms with E-state index in [0.29, 0.717) is 6.61 Å². The van der Waals surface area contributed by atoms with E-state index >= 15 is 0 Å². The highest BCUT2D eigenvalue weighted by Gasteiger charge is 2.16. The molecule has 0 aliphatic carbocycles. The zero-order valence-corrected chi connectivity index (χ0v) is 9.40. The minimum absolute atomic E-state index is 0.0783. The molecule has 1 aromatic heterocycles. The van der Waals surface area contributed by atoms with E-state index in [9.17, 15) is 0 Å². The first-order valence-electron chi connectivity index (χ1n) is 4.88. The van der Waals surface area contributed by atoms with E-state index in [2.05, 4.69) is 15.4 Å². The Labute approximate surface area is 90.0 Å². The summed E-state index contributed by atoms with van der Waals surface area (Å²) in [7, 11) is 0. The topological polar surface area (TPSA) is 73.1 Å². The predicted octanol–water partition coefficient (Wildman–Crippen LogP) is 0.796. The monoisotopic (exact) mass is 210 g/mol. The molecule has 5 nitrogen and oxygen atoms in total. The molecule has 0 fully saturated rings. The Morgan fingerprint density at radius 1 is 1.40 bits per heavy atom. The fraction of sp³-hybridized carbons (Fsp3) is 0.600. The highest BCUT2D eigenvalue weighted by molar-refractivity contribution is 5.08. The molecular formula is C10H18N4O. The molecule has 0 bridgehead atoms. The summed E-state index contributed by atoms with van der Waals surface area (Å²) in [5.41, 5.74) is 3.43. The molecule has 1 aromatic rings. The molecule has 1 rings (SSSR count). The van der Waals surface area contributed by atoms with Crippen LogP contribution in [-0.4, -0.2) is 22.2 Å². The van der Waals surface area contributed by atoms with Crippen molar-refractivity contribution in [1.29, 1.82) is 0 Å². The van der Waals surface area contributed by atoms with Crippen LogP contribution in [0.3, 0.4) is 0 Å². The molecule has 0 spiro atoms. The zero-order chi connectivity index (χ0) is 11.3. The number of nitrogens with zero attached hydrogens (tertiary/aromatic N) is 2. The van der Waals surface area contributed by atoms with Crippen molar-refractivity contribution in [2.75, 3.05) is 6.61 Å². The lowest BCUT2D eigenvalue weighted by atomic mass is 10.1. The highest BCUT2D eigenvalue weighted by Crippen LogP contribution is 2.14. The molecule has 84 valence electrons. The lowest BCUT2D eigenvalue weighted by Crippen LogP contribution is -2.34. The molecular weight excluding hydrogens is 192 g/mol. The molecule has 0 radical (unpaired) electrons. The van der Waals surface area contributed by atoms with E-state index in [1.807, 2.05) is 20.8 Å². The first kappa shape index (κ1) is 12.0. The zero-order valence-electron chi connectivity index (χ0n) is 9.40. The van der Waals surface area contributed by atoms with E-state index in [0.717, 1.165) is 5.56 Å². The van der Waals surface area contributed by atoms with Gasteiger partial charge in [0.2, 0.25) is 0 Å². The lowest BCUT2D eigenvalue weighted by molar-refractivity contribution is -0.0148. The van der Waals surface area contributed by atoms with Crippen molar-refractivity contribution in [3.8, 4) is 0 Å². The largest absolute Gasteiger partial charge is 0.374 e. The Balaban J connectivity index is 2.58. The van der Waals surface area contributed by atoms with Crippen molar-refractivity contribution in [2.45, 2.75) is 32.4 Å². The van der Waals surface area contributed by atoms with Crippen molar-refractivity contribution in [3.05, 3.63) is 24.3 Å². The Morgan fingerprint density at radius 3 is 2.47 bits per heavy atom. The van der Waals surface area contributed by atoms with E-state index < -0.39 is 0 Å². The standard InChI is InChI=1S/C10H18N4O/c1-10(2,3)15-6-9(14-11)8-4-12-7-13-5-8/h4-5,7,9,14H,6,11H2,1-3H3. The van der Waals surface area contributed by atoms with Gasteiger partial charge in [0.1, 0.15) is 6.33 Å². The molecule has 15 heavy (non-hydrogen) atoms. The molecule has 0 saturated carbocycles. The average Bonchev–Trinajstić information content (AvgIpc) is 2.19. The van der Waals surface area contributed by atoms with Gasteiger partial charge in [0.25, 0.3) is 0 Å². The summed E-state index contributed by atoms with van der Waals surface area (Å²) in [6.07, 6.45) is 4.94. The van der Waals surface area contributed by atoms with Gasteiger partial charge in [-0.25, -0.2) is 9.97 Å². The van der Waals surface area contributed by atoms with Crippen LogP contribution >= 0.6 is 0 Å². The molecule has 0 saturated heterocycles. The second kappa shape index (κ2) is 5.16. The van der Waals surface area contributed by atoms with Crippen molar-refractivity contribution >= 4 is 0 Å². The van der Waals surface area contributed by atoms with Gasteiger partial charge in [0.15, 0.2) is 0 Å². The molecule has 1 atom stereocenters. The van der Waals surface area contributed by atoms with Gasteiger partial charge >= 0.3 is 0 Å². The first-order valence-corrected chi connectivity index (χ1v) is 4.88. The van der Waals surface area contributed by atoms with Crippen LogP contribution in [0.2, 0.25) is 0 Å². The summed E-state index contributed by atoms with van der Waals surface area (Å²) < 4.78 is 5.64. The minimum Gasteiger partial charge on any atom is -0.374 e. The highest BCUT2D eigenvalue weighted by atomic mass is 16.5. The Bertz CT molecular complexity index is 283. The maximum atomic E-state index is 5.64. The second-order valence-electron chi connectivity index (χ2n) is 4.31. The van der Waals surface area contributed by atoms with Crippen LogP contribution < -0.4 is 11.3 Å². The number of nitrogens with one attached hydrogen (secondary N) is 1. The van der Waals surface area contributed by atoms with Gasteiger partial charge in [-0.05, 0) is 20.8 Å². The first-order chi connectivity index (χ1) is 7.03. The maximum Gasteiger partial charge on any atom is 0.115 e. The quantitative estimate of drug-likeness (QED) is 0.568. The number of hydrogen-bond acceptors (Lipinski definition) is 5. The third kappa shape index (κ3) is 4.33. The Hall–Kier alpha value is -1.04. The summed E-state index contributed by atoms with van der Waals surface area (Å²) in [5, 5.41) is 0. The van der Waals surface area contributed by atoms with Gasteiger partial charge in [-0.1, -0.05) is 0 Å². The molecule has 0 amide bonds. The molecule has 5 heteroatoms. The van der Waals surface area contributed by atoms with Crippen LogP contribution in [0, 0.1) is 0 Å². The minimum atomic E-state index is -0.176. The third-order valence-corrected chi connectivity index (χ3v) is 1.87. The summed E-state index contributed by atoms with van der Waals surface area (Å²) in [4.78, 5) is 7.87. The van der Waals surface area contributed by atoms with Crippen LogP contribution in [0.15, 0.2) is 18.7 Å². The van der Waals surface area contributed by atoms with E-state index in [4.69, 9.17) is 10.6 Å². The third-order valence-electron chi connectivity index (χ3n) is 1.87. The smallest absolute Gasteiger partial charge is 0.115 e. The normalized spacial score (nSPS) is 13.9. The summed E-state index contributed by atoms with van der Waals surface area (Å²) in [6, 6.07) is -0.0783. The summed E-state index contributed by atoms with van der Waals surface area (Å²) in [5.74, 6) is 5.45. The number of nitrogens with two attached hydrogens (primary N) is 1. The summed E-state index contributed by atoms with van der Waals surface area (Å²) >= 11 is 0.